The predicted molar refractivity (Wildman–Crippen MR) is 161 cm³/mol. The minimum Gasteiger partial charge on any atom is -0.453 e. The van der Waals surface area contributed by atoms with Crippen molar-refractivity contribution in [1.82, 2.24) is 34.7 Å². The number of rotatable bonds is 9. The van der Waals surface area contributed by atoms with Gasteiger partial charge < -0.3 is 20.7 Å². The summed E-state index contributed by atoms with van der Waals surface area (Å²) in [4.78, 5) is 20.4. The molecular weight excluding hydrogens is 594 g/mol. The van der Waals surface area contributed by atoms with E-state index in [2.05, 4.69) is 41.8 Å². The van der Waals surface area contributed by atoms with Crippen molar-refractivity contribution in [1.29, 1.82) is 5.26 Å². The first-order chi connectivity index (χ1) is 20.6. The van der Waals surface area contributed by atoms with E-state index in [1.54, 1.807) is 17.1 Å². The van der Waals surface area contributed by atoms with Crippen molar-refractivity contribution in [2.45, 2.75) is 56.8 Å². The Hall–Kier alpha value is -3.77. The van der Waals surface area contributed by atoms with Crippen molar-refractivity contribution >= 4 is 33.7 Å². The molecule has 0 radical (unpaired) electrons. The van der Waals surface area contributed by atoms with E-state index in [0.717, 1.165) is 24.8 Å². The van der Waals surface area contributed by atoms with E-state index >= 15 is 0 Å². The van der Waals surface area contributed by atoms with Gasteiger partial charge in [0.05, 0.1) is 47.7 Å². The highest BCUT2D eigenvalue weighted by atomic mass is 35.5. The third-order valence-electron chi connectivity index (χ3n) is 7.82. The molecule has 3 heterocycles. The number of alkyl carbamates (subject to hydrolysis) is 1. The van der Waals surface area contributed by atoms with Crippen LogP contribution in [0.5, 0.6) is 0 Å². The Morgan fingerprint density at radius 3 is 2.63 bits per heavy atom. The standard InChI is InChI=1S/C28H34ClN9O4S/c1-42-28(39)35-23-5-4-22(12-23)31-14-18-3-6-25(24(29)11-18)38-17-20(16-33-38)26-19(13-30)15-32-27(36-26)34-21-7-9-37(10-8-21)43(2,40)41/h3,6,11,15-17,21-23,31H,4-5,7-10,12,14H2,1-2H3,(H,35,39)(H,32,34,36)/t22?,23-/m0/s1. The lowest BCUT2D eigenvalue weighted by Crippen LogP contribution is -2.42. The molecule has 1 aliphatic heterocycles. The van der Waals surface area contributed by atoms with Gasteiger partial charge in [0.15, 0.2) is 0 Å². The van der Waals surface area contributed by atoms with E-state index in [4.69, 9.17) is 11.6 Å². The lowest BCUT2D eigenvalue weighted by Gasteiger charge is -2.30. The Balaban J connectivity index is 1.23. The maximum absolute atomic E-state index is 11.8. The predicted octanol–water partition coefficient (Wildman–Crippen LogP) is 3.06. The maximum atomic E-state index is 11.8. The molecule has 2 aliphatic rings. The quantitative estimate of drug-likeness (QED) is 0.321. The molecular formula is C28H34ClN9O4S. The lowest BCUT2D eigenvalue weighted by molar-refractivity contribution is 0.166. The highest BCUT2D eigenvalue weighted by molar-refractivity contribution is 7.88. The van der Waals surface area contributed by atoms with Gasteiger partial charge in [-0.15, -0.1) is 0 Å². The summed E-state index contributed by atoms with van der Waals surface area (Å²) in [6.45, 7) is 1.49. The fourth-order valence-electron chi connectivity index (χ4n) is 5.48. The highest BCUT2D eigenvalue weighted by Gasteiger charge is 2.27. The van der Waals surface area contributed by atoms with Crippen molar-refractivity contribution in [3.63, 3.8) is 0 Å². The van der Waals surface area contributed by atoms with Gasteiger partial charge in [-0.25, -0.2) is 32.2 Å². The molecule has 1 aromatic carbocycles. The molecule has 1 saturated heterocycles. The van der Waals surface area contributed by atoms with Crippen LogP contribution in [0.25, 0.3) is 16.9 Å². The van der Waals surface area contributed by atoms with Gasteiger partial charge in [0.2, 0.25) is 16.0 Å². The van der Waals surface area contributed by atoms with Crippen molar-refractivity contribution in [3.05, 3.63) is 52.9 Å². The molecule has 15 heteroatoms. The smallest absolute Gasteiger partial charge is 0.407 e. The molecule has 0 bridgehead atoms. The molecule has 5 rings (SSSR count). The number of carbonyl (C=O) groups excluding carboxylic acids is 1. The van der Waals surface area contributed by atoms with Crippen LogP contribution in [0.1, 0.15) is 43.2 Å². The number of carbonyl (C=O) groups is 1. The molecule has 1 unspecified atom stereocenters. The molecule has 1 amide bonds. The molecule has 1 saturated carbocycles. The van der Waals surface area contributed by atoms with Crippen LogP contribution in [0.2, 0.25) is 5.02 Å². The highest BCUT2D eigenvalue weighted by Crippen LogP contribution is 2.27. The molecule has 13 nitrogen and oxygen atoms in total. The summed E-state index contributed by atoms with van der Waals surface area (Å²) in [5.41, 5.74) is 3.08. The number of nitriles is 1. The number of hydrogen-bond donors (Lipinski definition) is 3. The normalized spacial score (nSPS) is 19.6. The Labute approximate surface area is 255 Å². The van der Waals surface area contributed by atoms with Crippen LogP contribution < -0.4 is 16.0 Å². The van der Waals surface area contributed by atoms with E-state index < -0.39 is 16.1 Å². The van der Waals surface area contributed by atoms with Gasteiger partial charge in [0.25, 0.3) is 0 Å². The van der Waals surface area contributed by atoms with Gasteiger partial charge in [0.1, 0.15) is 6.07 Å². The first-order valence-corrected chi connectivity index (χ1v) is 16.3. The van der Waals surface area contributed by atoms with Gasteiger partial charge in [0, 0.05) is 49.5 Å². The van der Waals surface area contributed by atoms with Gasteiger partial charge in [-0.3, -0.25) is 0 Å². The third kappa shape index (κ3) is 7.61. The van der Waals surface area contributed by atoms with Gasteiger partial charge in [-0.05, 0) is 49.8 Å². The van der Waals surface area contributed by atoms with Crippen molar-refractivity contribution in [3.8, 4) is 23.0 Å². The van der Waals surface area contributed by atoms with Crippen LogP contribution in [-0.4, -0.2) is 83.1 Å². The summed E-state index contributed by atoms with van der Waals surface area (Å²) in [6, 6.07) is 8.33. The number of nitrogens with one attached hydrogen (secondary N) is 3. The van der Waals surface area contributed by atoms with Crippen LogP contribution in [-0.2, 0) is 21.3 Å². The zero-order valence-electron chi connectivity index (χ0n) is 24.0. The minimum atomic E-state index is -3.21. The Morgan fingerprint density at radius 1 is 1.16 bits per heavy atom. The molecule has 2 atom stereocenters. The number of ether oxygens (including phenoxy) is 1. The van der Waals surface area contributed by atoms with E-state index in [0.29, 0.717) is 66.0 Å². The van der Waals surface area contributed by atoms with Crippen LogP contribution >= 0.6 is 11.6 Å². The van der Waals surface area contributed by atoms with Crippen molar-refractivity contribution in [2.24, 2.45) is 0 Å². The molecule has 43 heavy (non-hydrogen) atoms. The summed E-state index contributed by atoms with van der Waals surface area (Å²) >= 11 is 6.66. The van der Waals surface area contributed by atoms with Crippen LogP contribution in [0, 0.1) is 11.3 Å². The molecule has 2 fully saturated rings. The molecule has 0 spiro atoms. The molecule has 2 aromatic heterocycles. The minimum absolute atomic E-state index is 0.0138. The maximum Gasteiger partial charge on any atom is 0.407 e. The summed E-state index contributed by atoms with van der Waals surface area (Å²) in [6.07, 6.45) is 9.63. The fourth-order valence-corrected chi connectivity index (χ4v) is 6.64. The van der Waals surface area contributed by atoms with E-state index in [-0.39, 0.29) is 18.1 Å². The van der Waals surface area contributed by atoms with Crippen molar-refractivity contribution < 1.29 is 17.9 Å². The number of methoxy groups -OCH3 is 1. The van der Waals surface area contributed by atoms with E-state index in [1.807, 2.05) is 18.2 Å². The zero-order chi connectivity index (χ0) is 30.6. The second-order valence-electron chi connectivity index (χ2n) is 10.8. The van der Waals surface area contributed by atoms with E-state index in [9.17, 15) is 18.5 Å². The molecule has 3 N–H and O–H groups in total. The molecule has 1 aliphatic carbocycles. The Morgan fingerprint density at radius 2 is 1.93 bits per heavy atom. The summed E-state index contributed by atoms with van der Waals surface area (Å²) < 4.78 is 31.4. The number of aromatic nitrogens is 4. The molecule has 228 valence electrons. The number of amides is 1. The largest absolute Gasteiger partial charge is 0.453 e. The number of nitrogens with zero attached hydrogens (tertiary/aromatic N) is 6. The topological polar surface area (TPSA) is 167 Å². The number of hydrogen-bond acceptors (Lipinski definition) is 10. The summed E-state index contributed by atoms with van der Waals surface area (Å²) in [5.74, 6) is 0.365. The van der Waals surface area contributed by atoms with E-state index in [1.165, 1.54) is 23.9 Å². The fraction of sp³-hybridized carbons (Fsp3) is 0.464. The Kier molecular flexibility index (Phi) is 9.46. The second kappa shape index (κ2) is 13.3. The van der Waals surface area contributed by atoms with Crippen molar-refractivity contribution in [2.75, 3.05) is 31.8 Å². The summed E-state index contributed by atoms with van der Waals surface area (Å²) in [7, 11) is -1.85. The SMILES string of the molecule is COC(=O)N[C@H]1CCC(NCc2ccc(-n3cc(-c4nc(NC5CCN(S(C)(=O)=O)CC5)ncc4C#N)cn3)c(Cl)c2)C1. The second-order valence-corrected chi connectivity index (χ2v) is 13.2. The monoisotopic (exact) mass is 627 g/mol. The first-order valence-electron chi connectivity index (χ1n) is 14.0. The number of halogens is 1. The number of anilines is 1. The third-order valence-corrected chi connectivity index (χ3v) is 9.42. The average molecular weight is 628 g/mol. The van der Waals surface area contributed by atoms with Crippen LogP contribution in [0.3, 0.4) is 0 Å². The van der Waals surface area contributed by atoms with Gasteiger partial charge in [-0.1, -0.05) is 17.7 Å². The zero-order valence-corrected chi connectivity index (χ0v) is 25.5. The first kappa shape index (κ1) is 30.7. The molecule has 3 aromatic rings. The number of benzene rings is 1. The lowest BCUT2D eigenvalue weighted by atomic mass is 10.1. The average Bonchev–Trinajstić information content (AvgIpc) is 3.66. The van der Waals surface area contributed by atoms with Crippen LogP contribution in [0.15, 0.2) is 36.8 Å². The van der Waals surface area contributed by atoms with Crippen LogP contribution in [0.4, 0.5) is 10.7 Å². The number of sulfonamides is 1. The van der Waals surface area contributed by atoms with Gasteiger partial charge in [-0.2, -0.15) is 10.4 Å². The number of piperidine rings is 1. The van der Waals surface area contributed by atoms with Gasteiger partial charge >= 0.3 is 6.09 Å². The Bertz CT molecular complexity index is 1620. The summed E-state index contributed by atoms with van der Waals surface area (Å²) in [5, 5.41) is 24.4.